The van der Waals surface area contributed by atoms with E-state index < -0.39 is 10.9 Å². The van der Waals surface area contributed by atoms with Gasteiger partial charge in [-0.25, -0.2) is 4.79 Å². The van der Waals surface area contributed by atoms with Crippen molar-refractivity contribution in [3.63, 3.8) is 0 Å². The Morgan fingerprint density at radius 2 is 1.93 bits per heavy atom. The van der Waals surface area contributed by atoms with E-state index in [0.717, 1.165) is 0 Å². The summed E-state index contributed by atoms with van der Waals surface area (Å²) in [5.74, 6) is -1.10. The fourth-order valence-corrected chi connectivity index (χ4v) is 1.46. The van der Waals surface area contributed by atoms with Gasteiger partial charge in [0.05, 0.1) is 10.5 Å². The van der Waals surface area contributed by atoms with Crippen LogP contribution in [0, 0.1) is 10.1 Å². The molecule has 0 unspecified atom stereocenters. The number of non-ortho nitro benzene ring substituents is 1. The molecular weight excluding hydrogens is 266 g/mol. The molecule has 0 fully saturated rings. The zero-order chi connectivity index (χ0) is 11.4. The summed E-state index contributed by atoms with van der Waals surface area (Å²) in [5.41, 5.74) is 0.382. The number of aliphatic carboxylic acids is 1. The first-order valence-electron chi connectivity index (χ1n) is 3.84. The van der Waals surface area contributed by atoms with Crippen molar-refractivity contribution >= 4 is 33.2 Å². The van der Waals surface area contributed by atoms with E-state index in [4.69, 9.17) is 5.11 Å². The van der Waals surface area contributed by atoms with Crippen LogP contribution in [0.3, 0.4) is 0 Å². The van der Waals surface area contributed by atoms with E-state index in [1.807, 2.05) is 0 Å². The van der Waals surface area contributed by atoms with Crippen molar-refractivity contribution in [2.75, 3.05) is 0 Å². The summed E-state index contributed by atoms with van der Waals surface area (Å²) in [5, 5.41) is 19.1. The van der Waals surface area contributed by atoms with E-state index in [9.17, 15) is 14.9 Å². The summed E-state index contributed by atoms with van der Waals surface area (Å²) in [7, 11) is 0. The Labute approximate surface area is 93.3 Å². The normalized spacial score (nSPS) is 11.1. The number of nitro benzene ring substituents is 1. The van der Waals surface area contributed by atoms with Crippen molar-refractivity contribution < 1.29 is 14.8 Å². The van der Waals surface area contributed by atoms with Gasteiger partial charge >= 0.3 is 5.97 Å². The molecule has 0 radical (unpaired) electrons. The molecule has 6 heteroatoms. The van der Waals surface area contributed by atoms with Crippen LogP contribution in [0.4, 0.5) is 5.69 Å². The molecular formula is C9H6BrNO4. The maximum atomic E-state index is 10.7. The molecule has 1 aromatic carbocycles. The number of halogens is 1. The quantitative estimate of drug-likeness (QED) is 0.520. The van der Waals surface area contributed by atoms with Gasteiger partial charge in [-0.15, -0.1) is 0 Å². The largest absolute Gasteiger partial charge is 0.478 e. The van der Waals surface area contributed by atoms with Gasteiger partial charge in [-0.3, -0.25) is 10.1 Å². The highest BCUT2D eigenvalue weighted by atomic mass is 79.9. The second-order valence-corrected chi connectivity index (χ2v) is 3.09. The van der Waals surface area contributed by atoms with Crippen molar-refractivity contribution in [2.45, 2.75) is 0 Å². The zero-order valence-electron chi connectivity index (χ0n) is 7.38. The molecule has 0 atom stereocenters. The molecule has 0 bridgehead atoms. The fraction of sp³-hybridized carbons (Fsp3) is 0. The molecule has 1 N–H and O–H groups in total. The number of carbonyl (C=O) groups is 1. The van der Waals surface area contributed by atoms with Crippen LogP contribution >= 0.6 is 15.9 Å². The number of carboxylic acids is 1. The zero-order valence-corrected chi connectivity index (χ0v) is 8.97. The Hall–Kier alpha value is -1.69. The highest BCUT2D eigenvalue weighted by Crippen LogP contribution is 2.19. The van der Waals surface area contributed by atoms with Crippen molar-refractivity contribution in [3.05, 3.63) is 44.9 Å². The molecule has 78 valence electrons. The Morgan fingerprint density at radius 1 is 1.40 bits per heavy atom. The number of nitrogens with zero attached hydrogens (tertiary/aromatic N) is 1. The maximum Gasteiger partial charge on any atom is 0.336 e. The third-order valence-corrected chi connectivity index (χ3v) is 2.19. The van der Waals surface area contributed by atoms with Crippen LogP contribution in [0.1, 0.15) is 5.56 Å². The van der Waals surface area contributed by atoms with Crippen molar-refractivity contribution in [1.29, 1.82) is 0 Å². The van der Waals surface area contributed by atoms with Crippen molar-refractivity contribution in [1.82, 2.24) is 0 Å². The molecule has 0 saturated carbocycles. The summed E-state index contributed by atoms with van der Waals surface area (Å²) in [6.07, 6.45) is 0. The van der Waals surface area contributed by atoms with Crippen LogP contribution in [-0.4, -0.2) is 16.0 Å². The number of nitro groups is 1. The third kappa shape index (κ3) is 2.63. The monoisotopic (exact) mass is 271 g/mol. The lowest BCUT2D eigenvalue weighted by molar-refractivity contribution is -0.384. The average Bonchev–Trinajstić information content (AvgIpc) is 2.19. The van der Waals surface area contributed by atoms with Gasteiger partial charge in [-0.05, 0) is 22.7 Å². The fourth-order valence-electron chi connectivity index (χ4n) is 0.996. The Balaban J connectivity index is 3.08. The van der Waals surface area contributed by atoms with E-state index in [0.29, 0.717) is 5.56 Å². The topological polar surface area (TPSA) is 80.4 Å². The molecule has 0 heterocycles. The number of benzene rings is 1. The lowest BCUT2D eigenvalue weighted by Gasteiger charge is -2.00. The second-order valence-electron chi connectivity index (χ2n) is 2.63. The van der Waals surface area contributed by atoms with Gasteiger partial charge in [-0.2, -0.15) is 0 Å². The maximum absolute atomic E-state index is 10.7. The number of carboxylic acid groups (broad SMARTS) is 1. The van der Waals surface area contributed by atoms with Crippen LogP contribution in [0.25, 0.3) is 5.57 Å². The molecule has 0 aliphatic rings. The first-order chi connectivity index (χ1) is 7.06. The van der Waals surface area contributed by atoms with Crippen LogP contribution in [0.2, 0.25) is 0 Å². The van der Waals surface area contributed by atoms with Crippen LogP contribution in [0.5, 0.6) is 0 Å². The van der Waals surface area contributed by atoms with Crippen LogP contribution < -0.4 is 0 Å². The van der Waals surface area contributed by atoms with E-state index in [1.54, 1.807) is 0 Å². The molecule has 0 aliphatic heterocycles. The Kier molecular flexibility index (Phi) is 3.56. The van der Waals surface area contributed by atoms with Gasteiger partial charge in [0.15, 0.2) is 0 Å². The Bertz CT molecular complexity index is 424. The van der Waals surface area contributed by atoms with Gasteiger partial charge in [0, 0.05) is 12.1 Å². The molecule has 0 aromatic heterocycles. The van der Waals surface area contributed by atoms with Gasteiger partial charge in [0.2, 0.25) is 0 Å². The van der Waals surface area contributed by atoms with Crippen LogP contribution in [0.15, 0.2) is 29.3 Å². The number of hydrogen-bond donors (Lipinski definition) is 1. The summed E-state index contributed by atoms with van der Waals surface area (Å²) >= 11 is 2.92. The predicted molar refractivity (Wildman–Crippen MR) is 57.6 cm³/mol. The lowest BCUT2D eigenvalue weighted by atomic mass is 10.1. The second kappa shape index (κ2) is 4.70. The summed E-state index contributed by atoms with van der Waals surface area (Å²) < 4.78 is 0. The Morgan fingerprint density at radius 3 is 2.27 bits per heavy atom. The summed E-state index contributed by atoms with van der Waals surface area (Å²) in [4.78, 5) is 21.8. The molecule has 5 nitrogen and oxygen atoms in total. The van der Waals surface area contributed by atoms with E-state index in [-0.39, 0.29) is 11.3 Å². The highest BCUT2D eigenvalue weighted by Gasteiger charge is 2.11. The minimum Gasteiger partial charge on any atom is -0.478 e. The smallest absolute Gasteiger partial charge is 0.336 e. The minimum atomic E-state index is -1.10. The number of rotatable bonds is 3. The van der Waals surface area contributed by atoms with Crippen molar-refractivity contribution in [3.8, 4) is 0 Å². The van der Waals surface area contributed by atoms with Gasteiger partial charge in [-0.1, -0.05) is 15.9 Å². The first-order valence-corrected chi connectivity index (χ1v) is 4.76. The molecule has 1 aromatic rings. The average molecular weight is 272 g/mol. The lowest BCUT2D eigenvalue weighted by Crippen LogP contribution is -1.98. The molecule has 0 spiro atoms. The third-order valence-electron chi connectivity index (χ3n) is 1.73. The van der Waals surface area contributed by atoms with Gasteiger partial charge < -0.3 is 5.11 Å². The molecule has 0 saturated heterocycles. The highest BCUT2D eigenvalue weighted by molar-refractivity contribution is 9.11. The summed E-state index contributed by atoms with van der Waals surface area (Å²) in [6, 6.07) is 5.29. The van der Waals surface area contributed by atoms with E-state index in [2.05, 4.69) is 15.9 Å². The molecule has 0 amide bonds. The first kappa shape index (κ1) is 11.4. The van der Waals surface area contributed by atoms with Crippen LogP contribution in [-0.2, 0) is 4.79 Å². The van der Waals surface area contributed by atoms with Crippen molar-refractivity contribution in [2.24, 2.45) is 0 Å². The molecule has 1 rings (SSSR count). The van der Waals surface area contributed by atoms with E-state index >= 15 is 0 Å². The standard InChI is InChI=1S/C9H6BrNO4/c10-5-8(9(12)13)6-1-3-7(4-2-6)11(14)15/h1-5H,(H,12,13)/b8-5-. The van der Waals surface area contributed by atoms with Gasteiger partial charge in [0.1, 0.15) is 0 Å². The molecule has 15 heavy (non-hydrogen) atoms. The summed E-state index contributed by atoms with van der Waals surface area (Å²) in [6.45, 7) is 0. The van der Waals surface area contributed by atoms with Gasteiger partial charge in [0.25, 0.3) is 5.69 Å². The minimum absolute atomic E-state index is 0.0462. The SMILES string of the molecule is O=C(O)/C(=C\Br)c1ccc([N+](=O)[O-])cc1. The predicted octanol–water partition coefficient (Wildman–Crippen LogP) is 2.42. The molecule has 0 aliphatic carbocycles. The van der Waals surface area contributed by atoms with E-state index in [1.165, 1.54) is 29.3 Å². The number of hydrogen-bond acceptors (Lipinski definition) is 3.